The van der Waals surface area contributed by atoms with Gasteiger partial charge in [-0.25, -0.2) is 9.59 Å². The molecule has 9 heteroatoms. The van der Waals surface area contributed by atoms with Crippen molar-refractivity contribution in [3.8, 4) is 0 Å². The average Bonchev–Trinajstić information content (AvgIpc) is 2.52. The molecule has 122 valence electrons. The van der Waals surface area contributed by atoms with E-state index in [0.29, 0.717) is 18.0 Å². The first-order valence-corrected chi connectivity index (χ1v) is 7.79. The summed E-state index contributed by atoms with van der Waals surface area (Å²) in [5.41, 5.74) is 0.741. The fraction of sp³-hybridized carbons (Fsp3) is 0.286. The maximum Gasteiger partial charge on any atom is 0.338 e. The zero-order chi connectivity index (χ0) is 16.8. The van der Waals surface area contributed by atoms with Gasteiger partial charge in [-0.3, -0.25) is 14.9 Å². The standard InChI is InChI=1S/C14H15N3O5S/c1-2-15-14(21)17-11(18)6-22-13(20)8-3-4-10-9(5-8)16-12(19)7-23-10/h3-5H,2,6-7H2,1H3,(H,16,19)(H2,15,17,18,21). The first-order valence-electron chi connectivity index (χ1n) is 6.81. The second-order valence-corrected chi connectivity index (χ2v) is 5.55. The van der Waals surface area contributed by atoms with Crippen molar-refractivity contribution in [2.75, 3.05) is 24.2 Å². The summed E-state index contributed by atoms with van der Waals surface area (Å²) in [6, 6.07) is 4.09. The van der Waals surface area contributed by atoms with Crippen LogP contribution in [0.15, 0.2) is 23.1 Å². The SMILES string of the molecule is CCNC(=O)NC(=O)COC(=O)c1ccc2c(c1)NC(=O)CS2. The van der Waals surface area contributed by atoms with Crippen LogP contribution in [0.2, 0.25) is 0 Å². The van der Waals surface area contributed by atoms with Crippen LogP contribution in [0.3, 0.4) is 0 Å². The molecule has 1 aliphatic rings. The van der Waals surface area contributed by atoms with Gasteiger partial charge in [0.1, 0.15) is 0 Å². The van der Waals surface area contributed by atoms with E-state index in [1.165, 1.54) is 17.8 Å². The number of thioether (sulfide) groups is 1. The summed E-state index contributed by atoms with van der Waals surface area (Å²) >= 11 is 1.37. The van der Waals surface area contributed by atoms with E-state index in [9.17, 15) is 19.2 Å². The van der Waals surface area contributed by atoms with Gasteiger partial charge in [0.2, 0.25) is 5.91 Å². The van der Waals surface area contributed by atoms with Gasteiger partial charge in [-0.15, -0.1) is 11.8 Å². The van der Waals surface area contributed by atoms with Crippen molar-refractivity contribution in [2.24, 2.45) is 0 Å². The predicted octanol–water partition coefficient (Wildman–Crippen LogP) is 0.733. The lowest BCUT2D eigenvalue weighted by Crippen LogP contribution is -2.41. The molecule has 0 aliphatic carbocycles. The molecule has 0 saturated heterocycles. The minimum absolute atomic E-state index is 0.144. The quantitative estimate of drug-likeness (QED) is 0.698. The van der Waals surface area contributed by atoms with E-state index in [4.69, 9.17) is 4.74 Å². The van der Waals surface area contributed by atoms with Crippen LogP contribution in [0, 0.1) is 0 Å². The molecular formula is C14H15N3O5S. The molecule has 0 radical (unpaired) electrons. The number of esters is 1. The number of hydrogen-bond acceptors (Lipinski definition) is 6. The third kappa shape index (κ3) is 4.71. The van der Waals surface area contributed by atoms with Crippen molar-refractivity contribution < 1.29 is 23.9 Å². The molecule has 1 heterocycles. The lowest BCUT2D eigenvalue weighted by Gasteiger charge is -2.16. The Morgan fingerprint density at radius 3 is 2.87 bits per heavy atom. The maximum absolute atomic E-state index is 11.9. The molecule has 0 fully saturated rings. The lowest BCUT2D eigenvalue weighted by atomic mass is 10.2. The second kappa shape index (κ2) is 7.63. The van der Waals surface area contributed by atoms with Gasteiger partial charge < -0.3 is 15.4 Å². The number of imide groups is 1. The molecule has 0 bridgehead atoms. The number of anilines is 1. The molecule has 0 unspecified atom stereocenters. The molecule has 1 aliphatic heterocycles. The molecule has 3 N–H and O–H groups in total. The molecule has 1 aromatic carbocycles. The van der Waals surface area contributed by atoms with E-state index in [-0.39, 0.29) is 11.5 Å². The van der Waals surface area contributed by atoms with E-state index in [2.05, 4.69) is 10.6 Å². The van der Waals surface area contributed by atoms with Gasteiger partial charge in [0.25, 0.3) is 5.91 Å². The topological polar surface area (TPSA) is 114 Å². The predicted molar refractivity (Wildman–Crippen MR) is 83.3 cm³/mol. The van der Waals surface area contributed by atoms with E-state index >= 15 is 0 Å². The Morgan fingerprint density at radius 2 is 2.13 bits per heavy atom. The largest absolute Gasteiger partial charge is 0.452 e. The number of amides is 4. The van der Waals surface area contributed by atoms with Crippen LogP contribution >= 0.6 is 11.8 Å². The van der Waals surface area contributed by atoms with Crippen LogP contribution < -0.4 is 16.0 Å². The molecule has 0 saturated carbocycles. The summed E-state index contributed by atoms with van der Waals surface area (Å²) < 4.78 is 4.84. The van der Waals surface area contributed by atoms with Crippen molar-refractivity contribution in [1.29, 1.82) is 0 Å². The molecule has 0 atom stereocenters. The minimum Gasteiger partial charge on any atom is -0.452 e. The first-order chi connectivity index (χ1) is 11.0. The van der Waals surface area contributed by atoms with Crippen molar-refractivity contribution in [3.63, 3.8) is 0 Å². The number of ether oxygens (including phenoxy) is 1. The third-order valence-corrected chi connectivity index (χ3v) is 3.85. The highest BCUT2D eigenvalue weighted by Crippen LogP contribution is 2.32. The number of urea groups is 1. The molecule has 8 nitrogen and oxygen atoms in total. The molecule has 4 amide bonds. The highest BCUT2D eigenvalue weighted by atomic mass is 32.2. The molecule has 2 rings (SSSR count). The van der Waals surface area contributed by atoms with Crippen LogP contribution in [0.25, 0.3) is 0 Å². The minimum atomic E-state index is -0.730. The fourth-order valence-corrected chi connectivity index (χ4v) is 2.58. The Balaban J connectivity index is 1.91. The zero-order valence-corrected chi connectivity index (χ0v) is 13.1. The molecule has 1 aromatic rings. The van der Waals surface area contributed by atoms with Gasteiger partial charge in [-0.1, -0.05) is 0 Å². The summed E-state index contributed by atoms with van der Waals surface area (Å²) in [6.07, 6.45) is 0. The van der Waals surface area contributed by atoms with Crippen LogP contribution in [-0.4, -0.2) is 42.7 Å². The summed E-state index contributed by atoms with van der Waals surface area (Å²) in [7, 11) is 0. The number of hydrogen-bond donors (Lipinski definition) is 3. The van der Waals surface area contributed by atoms with E-state index < -0.39 is 24.5 Å². The van der Waals surface area contributed by atoms with Gasteiger partial charge in [-0.2, -0.15) is 0 Å². The normalized spacial score (nSPS) is 12.7. The van der Waals surface area contributed by atoms with E-state index in [0.717, 1.165) is 4.90 Å². The number of benzene rings is 1. The van der Waals surface area contributed by atoms with Crippen molar-refractivity contribution in [2.45, 2.75) is 11.8 Å². The number of fused-ring (bicyclic) bond motifs is 1. The van der Waals surface area contributed by atoms with E-state index in [1.54, 1.807) is 19.1 Å². The summed E-state index contributed by atoms with van der Waals surface area (Å²) in [4.78, 5) is 46.7. The van der Waals surface area contributed by atoms with Crippen molar-refractivity contribution in [1.82, 2.24) is 10.6 Å². The van der Waals surface area contributed by atoms with Gasteiger partial charge in [-0.05, 0) is 25.1 Å². The Hall–Kier alpha value is -2.55. The van der Waals surface area contributed by atoms with Gasteiger partial charge >= 0.3 is 12.0 Å². The highest BCUT2D eigenvalue weighted by molar-refractivity contribution is 8.00. The van der Waals surface area contributed by atoms with Crippen LogP contribution in [-0.2, 0) is 14.3 Å². The third-order valence-electron chi connectivity index (χ3n) is 2.77. The Kier molecular flexibility index (Phi) is 5.58. The number of rotatable bonds is 4. The number of carbonyl (C=O) groups excluding carboxylic acids is 4. The number of carbonyl (C=O) groups is 4. The Bertz CT molecular complexity index is 662. The molecule has 0 spiro atoms. The highest BCUT2D eigenvalue weighted by Gasteiger charge is 2.18. The summed E-state index contributed by atoms with van der Waals surface area (Å²) in [5, 5.41) is 7.06. The summed E-state index contributed by atoms with van der Waals surface area (Å²) in [6.45, 7) is 1.50. The smallest absolute Gasteiger partial charge is 0.338 e. The Labute approximate surface area is 136 Å². The summed E-state index contributed by atoms with van der Waals surface area (Å²) in [5.74, 6) is -1.26. The molecule has 23 heavy (non-hydrogen) atoms. The van der Waals surface area contributed by atoms with E-state index in [1.807, 2.05) is 5.32 Å². The van der Waals surface area contributed by atoms with Gasteiger partial charge in [0.05, 0.1) is 17.0 Å². The lowest BCUT2D eigenvalue weighted by molar-refractivity contribution is -0.123. The molecule has 0 aromatic heterocycles. The van der Waals surface area contributed by atoms with Crippen LogP contribution in [0.4, 0.5) is 10.5 Å². The molecular weight excluding hydrogens is 322 g/mol. The van der Waals surface area contributed by atoms with Crippen molar-refractivity contribution in [3.05, 3.63) is 23.8 Å². The van der Waals surface area contributed by atoms with Crippen LogP contribution in [0.1, 0.15) is 17.3 Å². The number of nitrogens with one attached hydrogen (secondary N) is 3. The Morgan fingerprint density at radius 1 is 1.35 bits per heavy atom. The van der Waals surface area contributed by atoms with Crippen LogP contribution in [0.5, 0.6) is 0 Å². The van der Waals surface area contributed by atoms with Gasteiger partial charge in [0, 0.05) is 11.4 Å². The van der Waals surface area contributed by atoms with Gasteiger partial charge in [0.15, 0.2) is 6.61 Å². The van der Waals surface area contributed by atoms with Crippen molar-refractivity contribution >= 4 is 41.3 Å². The second-order valence-electron chi connectivity index (χ2n) is 4.53. The fourth-order valence-electron chi connectivity index (χ4n) is 1.79. The first kappa shape index (κ1) is 16.8. The maximum atomic E-state index is 11.9. The zero-order valence-electron chi connectivity index (χ0n) is 12.3. The average molecular weight is 337 g/mol. The monoisotopic (exact) mass is 337 g/mol.